The number of hydrogen-bond donors (Lipinski definition) is 2. The minimum atomic E-state index is -0.204. The first kappa shape index (κ1) is 12.4. The van der Waals surface area contributed by atoms with Crippen LogP contribution >= 0.6 is 0 Å². The van der Waals surface area contributed by atoms with Crippen LogP contribution in [0, 0.1) is 0 Å². The lowest BCUT2D eigenvalue weighted by Crippen LogP contribution is -2.55. The Labute approximate surface area is 112 Å². The number of morpholine rings is 1. The van der Waals surface area contributed by atoms with Gasteiger partial charge < -0.3 is 20.1 Å². The van der Waals surface area contributed by atoms with Gasteiger partial charge in [0.2, 0.25) is 5.91 Å². The van der Waals surface area contributed by atoms with E-state index < -0.39 is 0 Å². The van der Waals surface area contributed by atoms with E-state index in [4.69, 9.17) is 4.74 Å². The normalized spacial score (nSPS) is 27.2. The molecule has 19 heavy (non-hydrogen) atoms. The summed E-state index contributed by atoms with van der Waals surface area (Å²) in [4.78, 5) is 13.8. The lowest BCUT2D eigenvalue weighted by atomic mass is 10.00. The summed E-state index contributed by atoms with van der Waals surface area (Å²) in [6.07, 6.45) is 0.951. The van der Waals surface area contributed by atoms with Gasteiger partial charge in [0.05, 0.1) is 12.1 Å². The van der Waals surface area contributed by atoms with E-state index in [-0.39, 0.29) is 23.9 Å². The van der Waals surface area contributed by atoms with Crippen molar-refractivity contribution >= 4 is 5.91 Å². The third-order valence-corrected chi connectivity index (χ3v) is 3.85. The standard InChI is InChI=1S/C14H18N2O3/c17-12-3-1-11(2-4-12)7-16-10-14(5-6-15-9-14)19-8-13(16)18/h1-4,15,17H,5-10H2. The minimum absolute atomic E-state index is 0.0330. The van der Waals surface area contributed by atoms with E-state index in [1.54, 1.807) is 12.1 Å². The second-order valence-electron chi connectivity index (χ2n) is 5.31. The number of hydrogen-bond acceptors (Lipinski definition) is 4. The van der Waals surface area contributed by atoms with Gasteiger partial charge in [-0.1, -0.05) is 12.1 Å². The maximum Gasteiger partial charge on any atom is 0.249 e. The fourth-order valence-corrected chi connectivity index (χ4v) is 2.73. The molecule has 0 radical (unpaired) electrons. The van der Waals surface area contributed by atoms with Crippen molar-refractivity contribution in [2.24, 2.45) is 0 Å². The van der Waals surface area contributed by atoms with Crippen molar-refractivity contribution in [3.8, 4) is 5.75 Å². The Morgan fingerprint density at radius 1 is 1.37 bits per heavy atom. The Hall–Kier alpha value is -1.59. The van der Waals surface area contributed by atoms with E-state index in [0.29, 0.717) is 13.1 Å². The first-order valence-corrected chi connectivity index (χ1v) is 6.57. The van der Waals surface area contributed by atoms with Crippen molar-refractivity contribution in [1.29, 1.82) is 0 Å². The number of phenolic OH excluding ortho intramolecular Hbond substituents is 1. The average molecular weight is 262 g/mol. The molecular weight excluding hydrogens is 244 g/mol. The van der Waals surface area contributed by atoms with E-state index in [1.807, 2.05) is 17.0 Å². The van der Waals surface area contributed by atoms with Crippen LogP contribution in [-0.4, -0.2) is 47.8 Å². The molecule has 2 aliphatic heterocycles. The quantitative estimate of drug-likeness (QED) is 0.814. The molecular formula is C14H18N2O3. The maximum absolute atomic E-state index is 11.9. The molecule has 1 unspecified atom stereocenters. The zero-order chi connectivity index (χ0) is 13.3. The highest BCUT2D eigenvalue weighted by atomic mass is 16.5. The third-order valence-electron chi connectivity index (χ3n) is 3.85. The molecule has 1 aromatic rings. The Balaban J connectivity index is 1.71. The SMILES string of the molecule is O=C1COC2(CCNC2)CN1Cc1ccc(O)cc1. The number of carbonyl (C=O) groups is 1. The topological polar surface area (TPSA) is 61.8 Å². The first-order valence-electron chi connectivity index (χ1n) is 6.57. The van der Waals surface area contributed by atoms with Crippen molar-refractivity contribution in [3.05, 3.63) is 29.8 Å². The predicted octanol–water partition coefficient (Wildman–Crippen LogP) is 0.483. The van der Waals surface area contributed by atoms with Gasteiger partial charge in [-0.05, 0) is 30.7 Å². The van der Waals surface area contributed by atoms with Crippen LogP contribution in [0.25, 0.3) is 0 Å². The largest absolute Gasteiger partial charge is 0.508 e. The number of nitrogens with zero attached hydrogens (tertiary/aromatic N) is 1. The molecule has 0 aliphatic carbocycles. The van der Waals surface area contributed by atoms with E-state index >= 15 is 0 Å². The third kappa shape index (κ3) is 2.57. The van der Waals surface area contributed by atoms with Gasteiger partial charge in [-0.3, -0.25) is 4.79 Å². The highest BCUT2D eigenvalue weighted by molar-refractivity contribution is 5.78. The van der Waals surface area contributed by atoms with Crippen LogP contribution in [0.15, 0.2) is 24.3 Å². The Bertz CT molecular complexity index is 466. The summed E-state index contributed by atoms with van der Waals surface area (Å²) in [6, 6.07) is 6.98. The molecule has 2 saturated heterocycles. The zero-order valence-electron chi connectivity index (χ0n) is 10.8. The van der Waals surface area contributed by atoms with Crippen LogP contribution < -0.4 is 5.32 Å². The number of phenols is 1. The van der Waals surface area contributed by atoms with Gasteiger partial charge in [-0.15, -0.1) is 0 Å². The number of ether oxygens (including phenoxy) is 1. The molecule has 102 valence electrons. The molecule has 0 bridgehead atoms. The Kier molecular flexibility index (Phi) is 3.16. The van der Waals surface area contributed by atoms with E-state index in [2.05, 4.69) is 5.32 Å². The van der Waals surface area contributed by atoms with Gasteiger partial charge in [0.15, 0.2) is 0 Å². The monoisotopic (exact) mass is 262 g/mol. The second kappa shape index (κ2) is 4.83. The van der Waals surface area contributed by atoms with Gasteiger partial charge in [-0.25, -0.2) is 0 Å². The molecule has 0 aromatic heterocycles. The zero-order valence-corrected chi connectivity index (χ0v) is 10.8. The molecule has 5 heteroatoms. The van der Waals surface area contributed by atoms with Gasteiger partial charge in [0, 0.05) is 13.1 Å². The van der Waals surface area contributed by atoms with Crippen LogP contribution in [0.5, 0.6) is 5.75 Å². The minimum Gasteiger partial charge on any atom is -0.508 e. The number of carbonyl (C=O) groups excluding carboxylic acids is 1. The summed E-state index contributed by atoms with van der Waals surface area (Å²) in [5.41, 5.74) is 0.819. The highest BCUT2D eigenvalue weighted by Crippen LogP contribution is 2.26. The highest BCUT2D eigenvalue weighted by Gasteiger charge is 2.41. The summed E-state index contributed by atoms with van der Waals surface area (Å²) in [5.74, 6) is 0.277. The molecule has 2 fully saturated rings. The van der Waals surface area contributed by atoms with Crippen molar-refractivity contribution in [2.75, 3.05) is 26.2 Å². The number of amides is 1. The van der Waals surface area contributed by atoms with Crippen LogP contribution in [-0.2, 0) is 16.1 Å². The summed E-state index contributed by atoms with van der Waals surface area (Å²) >= 11 is 0. The van der Waals surface area contributed by atoms with Crippen LogP contribution in [0.2, 0.25) is 0 Å². The van der Waals surface area contributed by atoms with Gasteiger partial charge >= 0.3 is 0 Å². The fraction of sp³-hybridized carbons (Fsp3) is 0.500. The summed E-state index contributed by atoms with van der Waals surface area (Å²) in [7, 11) is 0. The van der Waals surface area contributed by atoms with Crippen molar-refractivity contribution < 1.29 is 14.6 Å². The number of aromatic hydroxyl groups is 1. The molecule has 1 amide bonds. The van der Waals surface area contributed by atoms with Crippen LogP contribution in [0.1, 0.15) is 12.0 Å². The molecule has 1 spiro atoms. The second-order valence-corrected chi connectivity index (χ2v) is 5.31. The van der Waals surface area contributed by atoms with Crippen molar-refractivity contribution in [3.63, 3.8) is 0 Å². The molecule has 2 N–H and O–H groups in total. The van der Waals surface area contributed by atoms with Gasteiger partial charge in [0.25, 0.3) is 0 Å². The smallest absolute Gasteiger partial charge is 0.249 e. The van der Waals surface area contributed by atoms with E-state index in [0.717, 1.165) is 25.1 Å². The van der Waals surface area contributed by atoms with E-state index in [1.165, 1.54) is 0 Å². The van der Waals surface area contributed by atoms with Gasteiger partial charge in [-0.2, -0.15) is 0 Å². The Morgan fingerprint density at radius 3 is 2.84 bits per heavy atom. The fourth-order valence-electron chi connectivity index (χ4n) is 2.73. The molecule has 1 aromatic carbocycles. The lowest BCUT2D eigenvalue weighted by molar-refractivity contribution is -0.161. The number of nitrogens with one attached hydrogen (secondary N) is 1. The molecule has 2 heterocycles. The first-order chi connectivity index (χ1) is 9.17. The molecule has 0 saturated carbocycles. The Morgan fingerprint density at radius 2 is 2.16 bits per heavy atom. The summed E-state index contributed by atoms with van der Waals surface area (Å²) in [5, 5.41) is 12.6. The molecule has 5 nitrogen and oxygen atoms in total. The maximum atomic E-state index is 11.9. The number of benzene rings is 1. The molecule has 3 rings (SSSR count). The summed E-state index contributed by atoms with van der Waals surface area (Å²) in [6.45, 7) is 3.14. The average Bonchev–Trinajstić information content (AvgIpc) is 2.85. The van der Waals surface area contributed by atoms with E-state index in [9.17, 15) is 9.90 Å². The van der Waals surface area contributed by atoms with Gasteiger partial charge in [0.1, 0.15) is 12.4 Å². The van der Waals surface area contributed by atoms with Crippen LogP contribution in [0.4, 0.5) is 0 Å². The van der Waals surface area contributed by atoms with Crippen molar-refractivity contribution in [2.45, 2.75) is 18.6 Å². The predicted molar refractivity (Wildman–Crippen MR) is 69.7 cm³/mol. The lowest BCUT2D eigenvalue weighted by Gasteiger charge is -2.39. The number of rotatable bonds is 2. The summed E-state index contributed by atoms with van der Waals surface area (Å²) < 4.78 is 5.73. The van der Waals surface area contributed by atoms with Crippen LogP contribution in [0.3, 0.4) is 0 Å². The molecule has 2 aliphatic rings. The molecule has 1 atom stereocenters. The van der Waals surface area contributed by atoms with Crippen molar-refractivity contribution in [1.82, 2.24) is 10.2 Å².